The molecule has 3 rings (SSSR count). The lowest BCUT2D eigenvalue weighted by Crippen LogP contribution is -2.15. The molecule has 0 saturated carbocycles. The molecule has 0 unspecified atom stereocenters. The molecule has 1 N–H and O–H groups in total. The van der Waals surface area contributed by atoms with Gasteiger partial charge < -0.3 is 9.88 Å². The van der Waals surface area contributed by atoms with Gasteiger partial charge in [-0.15, -0.1) is 10.2 Å². The van der Waals surface area contributed by atoms with Gasteiger partial charge in [0.2, 0.25) is 5.91 Å². The Morgan fingerprint density at radius 2 is 1.86 bits per heavy atom. The zero-order valence-corrected chi connectivity index (χ0v) is 17.4. The standard InChI is InChI=1S/C22H26N4OS/c1-4-26-20(13-12-18-8-6-5-7-9-18)24-25-22(26)28-15-21(27)23-19-14-16(2)10-11-17(19)3/h5-11,14H,4,12-13,15H2,1-3H3,(H,23,27). The van der Waals surface area contributed by atoms with Crippen molar-refractivity contribution in [2.75, 3.05) is 11.1 Å². The molecule has 0 atom stereocenters. The molecule has 0 saturated heterocycles. The van der Waals surface area contributed by atoms with Crippen LogP contribution in [0.3, 0.4) is 0 Å². The molecule has 2 aromatic carbocycles. The van der Waals surface area contributed by atoms with E-state index in [1.807, 2.05) is 38.1 Å². The summed E-state index contributed by atoms with van der Waals surface area (Å²) in [4.78, 5) is 12.4. The van der Waals surface area contributed by atoms with Crippen molar-refractivity contribution in [3.8, 4) is 0 Å². The van der Waals surface area contributed by atoms with Crippen LogP contribution in [0, 0.1) is 13.8 Å². The summed E-state index contributed by atoms with van der Waals surface area (Å²) in [5, 5.41) is 12.4. The van der Waals surface area contributed by atoms with Gasteiger partial charge in [-0.2, -0.15) is 0 Å². The second-order valence-corrected chi connectivity index (χ2v) is 7.73. The summed E-state index contributed by atoms with van der Waals surface area (Å²) < 4.78 is 2.10. The number of nitrogens with zero attached hydrogens (tertiary/aromatic N) is 3. The number of anilines is 1. The number of carbonyl (C=O) groups is 1. The normalized spacial score (nSPS) is 10.8. The fourth-order valence-electron chi connectivity index (χ4n) is 3.02. The minimum atomic E-state index is -0.0322. The maximum Gasteiger partial charge on any atom is 0.234 e. The first-order valence-electron chi connectivity index (χ1n) is 9.52. The van der Waals surface area contributed by atoms with Crippen LogP contribution in [0.2, 0.25) is 0 Å². The Hall–Kier alpha value is -2.60. The third-order valence-corrected chi connectivity index (χ3v) is 5.56. The fraction of sp³-hybridized carbons (Fsp3) is 0.318. The van der Waals surface area contributed by atoms with Crippen LogP contribution < -0.4 is 5.32 Å². The Balaban J connectivity index is 1.59. The summed E-state index contributed by atoms with van der Waals surface area (Å²) in [7, 11) is 0. The van der Waals surface area contributed by atoms with Gasteiger partial charge in [0.1, 0.15) is 5.82 Å². The van der Waals surface area contributed by atoms with E-state index in [1.54, 1.807) is 0 Å². The molecule has 1 heterocycles. The number of amides is 1. The lowest BCUT2D eigenvalue weighted by Gasteiger charge is -2.10. The largest absolute Gasteiger partial charge is 0.325 e. The van der Waals surface area contributed by atoms with Crippen LogP contribution in [0.1, 0.15) is 29.4 Å². The van der Waals surface area contributed by atoms with E-state index in [4.69, 9.17) is 0 Å². The van der Waals surface area contributed by atoms with Crippen molar-refractivity contribution in [1.82, 2.24) is 14.8 Å². The zero-order chi connectivity index (χ0) is 19.9. The third kappa shape index (κ3) is 5.23. The summed E-state index contributed by atoms with van der Waals surface area (Å²) in [6.45, 7) is 6.88. The lowest BCUT2D eigenvalue weighted by atomic mass is 10.1. The Labute approximate surface area is 170 Å². The summed E-state index contributed by atoms with van der Waals surface area (Å²) >= 11 is 1.43. The smallest absolute Gasteiger partial charge is 0.234 e. The Morgan fingerprint density at radius 1 is 1.07 bits per heavy atom. The van der Waals surface area contributed by atoms with Gasteiger partial charge in [-0.25, -0.2) is 0 Å². The van der Waals surface area contributed by atoms with E-state index >= 15 is 0 Å². The van der Waals surface area contributed by atoms with E-state index in [0.29, 0.717) is 5.75 Å². The van der Waals surface area contributed by atoms with E-state index in [2.05, 4.69) is 51.3 Å². The quantitative estimate of drug-likeness (QED) is 0.574. The highest BCUT2D eigenvalue weighted by Gasteiger charge is 2.14. The van der Waals surface area contributed by atoms with Gasteiger partial charge in [0.15, 0.2) is 5.16 Å². The number of hydrogen-bond donors (Lipinski definition) is 1. The lowest BCUT2D eigenvalue weighted by molar-refractivity contribution is -0.113. The van der Waals surface area contributed by atoms with Crippen molar-refractivity contribution in [2.24, 2.45) is 0 Å². The van der Waals surface area contributed by atoms with E-state index < -0.39 is 0 Å². The molecule has 0 aliphatic heterocycles. The second kappa shape index (κ2) is 9.55. The molecule has 0 bridgehead atoms. The highest BCUT2D eigenvalue weighted by atomic mass is 32.2. The zero-order valence-electron chi connectivity index (χ0n) is 16.6. The van der Waals surface area contributed by atoms with Crippen LogP contribution in [-0.4, -0.2) is 26.4 Å². The molecule has 0 radical (unpaired) electrons. The van der Waals surface area contributed by atoms with Gasteiger partial charge in [-0.05, 0) is 49.9 Å². The van der Waals surface area contributed by atoms with Crippen LogP contribution in [-0.2, 0) is 24.2 Å². The van der Waals surface area contributed by atoms with E-state index in [0.717, 1.165) is 47.2 Å². The Kier molecular flexibility index (Phi) is 6.87. The van der Waals surface area contributed by atoms with E-state index in [-0.39, 0.29) is 5.91 Å². The maximum absolute atomic E-state index is 12.4. The van der Waals surface area contributed by atoms with Gasteiger partial charge in [0.05, 0.1) is 5.75 Å². The Bertz CT molecular complexity index is 937. The van der Waals surface area contributed by atoms with Crippen molar-refractivity contribution in [1.29, 1.82) is 0 Å². The number of hydrogen-bond acceptors (Lipinski definition) is 4. The molecule has 6 heteroatoms. The van der Waals surface area contributed by atoms with Gasteiger partial charge in [0, 0.05) is 18.7 Å². The van der Waals surface area contributed by atoms with Crippen LogP contribution in [0.15, 0.2) is 53.7 Å². The first-order valence-corrected chi connectivity index (χ1v) is 10.5. The predicted octanol–water partition coefficient (Wildman–Crippen LogP) is 4.43. The van der Waals surface area contributed by atoms with Crippen LogP contribution in [0.5, 0.6) is 0 Å². The molecule has 0 aliphatic rings. The number of aromatic nitrogens is 3. The number of nitrogens with one attached hydrogen (secondary N) is 1. The van der Waals surface area contributed by atoms with Crippen molar-refractivity contribution in [3.05, 3.63) is 71.0 Å². The molecular weight excluding hydrogens is 368 g/mol. The van der Waals surface area contributed by atoms with Crippen LogP contribution in [0.25, 0.3) is 0 Å². The topological polar surface area (TPSA) is 59.8 Å². The van der Waals surface area contributed by atoms with E-state index in [1.165, 1.54) is 17.3 Å². The first-order chi connectivity index (χ1) is 13.6. The molecule has 0 spiro atoms. The molecule has 3 aromatic rings. The first kappa shape index (κ1) is 20.1. The van der Waals surface area contributed by atoms with Crippen molar-refractivity contribution in [3.63, 3.8) is 0 Å². The van der Waals surface area contributed by atoms with Gasteiger partial charge in [-0.1, -0.05) is 54.2 Å². The van der Waals surface area contributed by atoms with Gasteiger partial charge >= 0.3 is 0 Å². The van der Waals surface area contributed by atoms with Crippen molar-refractivity contribution in [2.45, 2.75) is 45.3 Å². The van der Waals surface area contributed by atoms with Crippen LogP contribution >= 0.6 is 11.8 Å². The van der Waals surface area contributed by atoms with Gasteiger partial charge in [-0.3, -0.25) is 4.79 Å². The molecule has 1 aromatic heterocycles. The van der Waals surface area contributed by atoms with Crippen molar-refractivity contribution >= 4 is 23.4 Å². The molecule has 0 fully saturated rings. The monoisotopic (exact) mass is 394 g/mol. The molecule has 1 amide bonds. The summed E-state index contributed by atoms with van der Waals surface area (Å²) in [5.74, 6) is 1.24. The summed E-state index contributed by atoms with van der Waals surface area (Å²) in [6.07, 6.45) is 1.76. The Morgan fingerprint density at radius 3 is 2.61 bits per heavy atom. The highest BCUT2D eigenvalue weighted by Crippen LogP contribution is 2.20. The summed E-state index contributed by atoms with van der Waals surface area (Å²) in [6, 6.07) is 16.4. The average molecular weight is 395 g/mol. The average Bonchev–Trinajstić information content (AvgIpc) is 3.10. The van der Waals surface area contributed by atoms with Crippen molar-refractivity contribution < 1.29 is 4.79 Å². The molecular formula is C22H26N4OS. The molecule has 0 aliphatic carbocycles. The molecule has 146 valence electrons. The molecule has 28 heavy (non-hydrogen) atoms. The number of thioether (sulfide) groups is 1. The highest BCUT2D eigenvalue weighted by molar-refractivity contribution is 7.99. The van der Waals surface area contributed by atoms with Gasteiger partial charge in [0.25, 0.3) is 0 Å². The van der Waals surface area contributed by atoms with Crippen LogP contribution in [0.4, 0.5) is 5.69 Å². The number of aryl methyl sites for hydroxylation is 4. The minimum absolute atomic E-state index is 0.0322. The minimum Gasteiger partial charge on any atom is -0.325 e. The summed E-state index contributed by atoms with van der Waals surface area (Å²) in [5.41, 5.74) is 4.34. The predicted molar refractivity (Wildman–Crippen MR) is 115 cm³/mol. The number of carbonyl (C=O) groups excluding carboxylic acids is 1. The second-order valence-electron chi connectivity index (χ2n) is 6.78. The van der Waals surface area contributed by atoms with E-state index in [9.17, 15) is 4.79 Å². The number of benzene rings is 2. The number of rotatable bonds is 8. The third-order valence-electron chi connectivity index (χ3n) is 4.59. The fourth-order valence-corrected chi connectivity index (χ4v) is 3.84. The SMILES string of the molecule is CCn1c(CCc2ccccc2)nnc1SCC(=O)Nc1cc(C)ccc1C. The molecule has 5 nitrogen and oxygen atoms in total. The maximum atomic E-state index is 12.4.